The molecular weight excluding hydrogens is 256 g/mol. The van der Waals surface area contributed by atoms with E-state index in [1.165, 1.54) is 12.1 Å². The lowest BCUT2D eigenvalue weighted by molar-refractivity contribution is -0.384. The Hall–Kier alpha value is -1.58. The van der Waals surface area contributed by atoms with Gasteiger partial charge in [-0.3, -0.25) is 10.1 Å². The number of hydrogen-bond acceptors (Lipinski definition) is 7. The van der Waals surface area contributed by atoms with Crippen molar-refractivity contribution in [3.63, 3.8) is 0 Å². The van der Waals surface area contributed by atoms with Gasteiger partial charge in [0.2, 0.25) is 0 Å². The average molecular weight is 259 g/mol. The summed E-state index contributed by atoms with van der Waals surface area (Å²) >= 11 is 0.690. The Bertz CT molecular complexity index is 675. The van der Waals surface area contributed by atoms with Gasteiger partial charge in [-0.15, -0.1) is 11.3 Å². The molecule has 0 aliphatic rings. The predicted molar refractivity (Wildman–Crippen MR) is 54.2 cm³/mol. The fraction of sp³-hybridized carbons (Fsp3) is 0. The number of aromatic nitrogens is 1. The van der Waals surface area contributed by atoms with Gasteiger partial charge in [0.05, 0.1) is 15.1 Å². The minimum Gasteiger partial charge on any atom is -0.742 e. The fourth-order valence-electron chi connectivity index (χ4n) is 1.12. The van der Waals surface area contributed by atoms with Crippen molar-refractivity contribution in [1.82, 2.24) is 4.98 Å². The number of nitrogens with zero attached hydrogens (tertiary/aromatic N) is 2. The van der Waals surface area contributed by atoms with Crippen LogP contribution in [0.1, 0.15) is 0 Å². The largest absolute Gasteiger partial charge is 0.742 e. The first-order chi connectivity index (χ1) is 7.38. The molecule has 1 aromatic carbocycles. The van der Waals surface area contributed by atoms with Crippen molar-refractivity contribution in [3.05, 3.63) is 28.3 Å². The van der Waals surface area contributed by atoms with Crippen LogP contribution < -0.4 is 0 Å². The number of thiazole rings is 1. The van der Waals surface area contributed by atoms with Crippen LogP contribution in [0.25, 0.3) is 10.2 Å². The molecule has 2 rings (SSSR count). The van der Waals surface area contributed by atoms with Gasteiger partial charge in [0.1, 0.15) is 0 Å². The summed E-state index contributed by atoms with van der Waals surface area (Å²) in [7, 11) is -4.61. The van der Waals surface area contributed by atoms with E-state index in [2.05, 4.69) is 4.98 Å². The van der Waals surface area contributed by atoms with Crippen LogP contribution in [0.4, 0.5) is 5.69 Å². The summed E-state index contributed by atoms with van der Waals surface area (Å²) < 4.78 is 31.9. The molecule has 2 aromatic rings. The lowest BCUT2D eigenvalue weighted by atomic mass is 10.3. The number of non-ortho nitro benzene ring substituents is 1. The van der Waals surface area contributed by atoms with Gasteiger partial charge in [-0.1, -0.05) is 0 Å². The van der Waals surface area contributed by atoms with E-state index in [1.54, 1.807) is 0 Å². The van der Waals surface area contributed by atoms with Crippen LogP contribution in [-0.4, -0.2) is 22.9 Å². The lowest BCUT2D eigenvalue weighted by Gasteiger charge is -1.98. The van der Waals surface area contributed by atoms with Crippen molar-refractivity contribution >= 4 is 37.4 Å². The van der Waals surface area contributed by atoms with Gasteiger partial charge in [0.25, 0.3) is 5.69 Å². The van der Waals surface area contributed by atoms with Gasteiger partial charge in [0, 0.05) is 12.1 Å². The standard InChI is InChI=1S/C7H4N2O5S2/c10-9(11)4-1-2-6-5(3-4)8-7(15-6)16(12,13)14/h1-3H,(H,12,13,14)/p-1. The maximum Gasteiger partial charge on any atom is 0.271 e. The van der Waals surface area contributed by atoms with E-state index < -0.39 is 19.4 Å². The molecule has 1 heterocycles. The van der Waals surface area contributed by atoms with Crippen molar-refractivity contribution in [1.29, 1.82) is 0 Å². The molecule has 0 aliphatic heterocycles. The normalized spacial score (nSPS) is 11.8. The zero-order chi connectivity index (χ0) is 11.9. The Balaban J connectivity index is 2.68. The van der Waals surface area contributed by atoms with Crippen molar-refractivity contribution in [3.8, 4) is 0 Å². The van der Waals surface area contributed by atoms with Gasteiger partial charge < -0.3 is 4.55 Å². The van der Waals surface area contributed by atoms with Gasteiger partial charge in [-0.25, -0.2) is 13.4 Å². The van der Waals surface area contributed by atoms with Gasteiger partial charge in [-0.05, 0) is 6.07 Å². The van der Waals surface area contributed by atoms with Crippen molar-refractivity contribution in [2.75, 3.05) is 0 Å². The van der Waals surface area contributed by atoms with Crippen LogP contribution in [0.15, 0.2) is 22.5 Å². The molecule has 0 bridgehead atoms. The van der Waals surface area contributed by atoms with E-state index >= 15 is 0 Å². The number of benzene rings is 1. The summed E-state index contributed by atoms with van der Waals surface area (Å²) in [6.07, 6.45) is 0. The quantitative estimate of drug-likeness (QED) is 0.453. The van der Waals surface area contributed by atoms with Crippen LogP contribution in [-0.2, 0) is 10.1 Å². The first-order valence-corrected chi connectivity index (χ1v) is 6.11. The number of nitro groups is 1. The summed E-state index contributed by atoms with van der Waals surface area (Å²) in [5, 5.41) is 10.4. The highest BCUT2D eigenvalue weighted by Crippen LogP contribution is 2.27. The molecule has 0 N–H and O–H groups in total. The molecule has 0 radical (unpaired) electrons. The molecule has 1 aromatic heterocycles. The molecule has 0 aliphatic carbocycles. The lowest BCUT2D eigenvalue weighted by Crippen LogP contribution is -1.96. The molecule has 0 fully saturated rings. The fourth-order valence-corrected chi connectivity index (χ4v) is 2.68. The average Bonchev–Trinajstić information content (AvgIpc) is 2.58. The molecule has 9 heteroatoms. The van der Waals surface area contributed by atoms with Crippen LogP contribution >= 0.6 is 11.3 Å². The van der Waals surface area contributed by atoms with E-state index in [0.717, 1.165) is 6.07 Å². The highest BCUT2D eigenvalue weighted by Gasteiger charge is 2.13. The molecule has 16 heavy (non-hydrogen) atoms. The Kier molecular flexibility index (Phi) is 2.37. The minimum atomic E-state index is -4.61. The SMILES string of the molecule is O=[N+]([O-])c1ccc2sc(S(=O)(=O)[O-])nc2c1. The Morgan fingerprint density at radius 1 is 1.38 bits per heavy atom. The Morgan fingerprint density at radius 3 is 2.62 bits per heavy atom. The second-order valence-corrected chi connectivity index (χ2v) is 5.43. The second kappa shape index (κ2) is 3.47. The number of rotatable bonds is 2. The number of hydrogen-bond donors (Lipinski definition) is 0. The minimum absolute atomic E-state index is 0.133. The summed E-state index contributed by atoms with van der Waals surface area (Å²) in [5.74, 6) is 0. The summed E-state index contributed by atoms with van der Waals surface area (Å²) in [5.41, 5.74) is -0.0683. The Morgan fingerprint density at radius 2 is 2.06 bits per heavy atom. The van der Waals surface area contributed by atoms with Crippen molar-refractivity contribution in [2.24, 2.45) is 0 Å². The first kappa shape index (κ1) is 10.9. The third-order valence-electron chi connectivity index (χ3n) is 1.78. The number of fused-ring (bicyclic) bond motifs is 1. The molecule has 0 saturated heterocycles. The van der Waals surface area contributed by atoms with Crippen LogP contribution in [0, 0.1) is 10.1 Å². The maximum atomic E-state index is 10.7. The van der Waals surface area contributed by atoms with E-state index in [9.17, 15) is 23.1 Å². The van der Waals surface area contributed by atoms with Crippen molar-refractivity contribution < 1.29 is 17.9 Å². The molecule has 0 saturated carbocycles. The first-order valence-electron chi connectivity index (χ1n) is 3.89. The zero-order valence-electron chi connectivity index (χ0n) is 7.48. The van der Waals surface area contributed by atoms with Crippen molar-refractivity contribution in [2.45, 2.75) is 4.34 Å². The van der Waals surface area contributed by atoms with Crippen LogP contribution in [0.2, 0.25) is 0 Å². The Labute approximate surface area is 93.3 Å². The summed E-state index contributed by atoms with van der Waals surface area (Å²) in [6, 6.07) is 3.71. The molecule has 0 spiro atoms. The molecule has 0 unspecified atom stereocenters. The van der Waals surface area contributed by atoms with E-state index in [0.29, 0.717) is 16.0 Å². The monoisotopic (exact) mass is 259 g/mol. The van der Waals surface area contributed by atoms with Gasteiger partial charge in [-0.2, -0.15) is 0 Å². The third-order valence-corrected chi connectivity index (χ3v) is 3.99. The molecule has 0 amide bonds. The molecule has 0 atom stereocenters. The highest BCUT2D eigenvalue weighted by molar-refractivity contribution is 7.88. The van der Waals surface area contributed by atoms with E-state index in [1.807, 2.05) is 0 Å². The highest BCUT2D eigenvalue weighted by atomic mass is 32.3. The molecule has 7 nitrogen and oxygen atoms in total. The van der Waals surface area contributed by atoms with Gasteiger partial charge in [0.15, 0.2) is 14.5 Å². The summed E-state index contributed by atoms with van der Waals surface area (Å²) in [4.78, 5) is 13.4. The van der Waals surface area contributed by atoms with E-state index in [4.69, 9.17) is 0 Å². The topological polar surface area (TPSA) is 113 Å². The molecule has 84 valence electrons. The zero-order valence-corrected chi connectivity index (χ0v) is 9.12. The third kappa shape index (κ3) is 1.87. The number of nitro benzene ring substituents is 1. The second-order valence-electron chi connectivity index (χ2n) is 2.84. The van der Waals surface area contributed by atoms with E-state index in [-0.39, 0.29) is 11.2 Å². The summed E-state index contributed by atoms with van der Waals surface area (Å²) in [6.45, 7) is 0. The molecular formula is C7H3N2O5S2-. The van der Waals surface area contributed by atoms with Crippen LogP contribution in [0.3, 0.4) is 0 Å². The predicted octanol–water partition coefficient (Wildman–Crippen LogP) is 1.11. The van der Waals surface area contributed by atoms with Crippen LogP contribution in [0.5, 0.6) is 0 Å². The van der Waals surface area contributed by atoms with Gasteiger partial charge >= 0.3 is 0 Å². The smallest absolute Gasteiger partial charge is 0.271 e. The maximum absolute atomic E-state index is 10.7.